The molecule has 0 spiro atoms. The number of fused-ring (bicyclic) bond motifs is 4. The first kappa shape index (κ1) is 18.1. The Balaban J connectivity index is 2.00. The molecule has 7 heteroatoms. The van der Waals surface area contributed by atoms with Gasteiger partial charge in [-0.2, -0.15) is 0 Å². The maximum absolute atomic E-state index is 13.0. The van der Waals surface area contributed by atoms with Crippen LogP contribution >= 0.6 is 0 Å². The molecule has 0 unspecified atom stereocenters. The predicted molar refractivity (Wildman–Crippen MR) is 120 cm³/mol. The molecule has 5 rings (SSSR count). The van der Waals surface area contributed by atoms with Crippen LogP contribution in [0.4, 0.5) is 5.82 Å². The van der Waals surface area contributed by atoms with Gasteiger partial charge < -0.3 is 5.73 Å². The Labute approximate surface area is 171 Å². The maximum atomic E-state index is 13.0. The first-order valence-electron chi connectivity index (χ1n) is 9.52. The molecule has 0 aliphatic rings. The van der Waals surface area contributed by atoms with Crippen LogP contribution in [-0.2, 0) is 14.1 Å². The first-order valence-corrected chi connectivity index (χ1v) is 9.52. The average Bonchev–Trinajstić information content (AvgIpc) is 2.75. The standard InChI is InChI=1S/C23H19N5O2/c1-12-8-9-16-17(10-12)25-18-11-15(13-6-4-5-7-14(13)20(18)26-16)19-21(24)27(2)23(30)28(3)22(19)29/h4-11H,24H2,1-3H3. The van der Waals surface area contributed by atoms with Crippen LogP contribution in [0.1, 0.15) is 5.56 Å². The molecule has 2 N–H and O–H groups in total. The van der Waals surface area contributed by atoms with Crippen LogP contribution in [-0.4, -0.2) is 19.1 Å². The molecule has 0 aliphatic heterocycles. The highest BCUT2D eigenvalue weighted by Gasteiger charge is 2.19. The highest BCUT2D eigenvalue weighted by atomic mass is 16.2. The fraction of sp³-hybridized carbons (Fsp3) is 0.130. The molecule has 0 atom stereocenters. The molecule has 7 nitrogen and oxygen atoms in total. The molecular weight excluding hydrogens is 378 g/mol. The van der Waals surface area contributed by atoms with Crippen molar-refractivity contribution in [2.24, 2.45) is 14.1 Å². The van der Waals surface area contributed by atoms with Crippen LogP contribution < -0.4 is 17.0 Å². The Kier molecular flexibility index (Phi) is 3.76. The molecule has 0 saturated carbocycles. The van der Waals surface area contributed by atoms with Crippen LogP contribution in [0, 0.1) is 6.92 Å². The molecule has 0 bridgehead atoms. The molecule has 5 aromatic rings. The fourth-order valence-electron chi connectivity index (χ4n) is 3.94. The number of benzene rings is 3. The van der Waals surface area contributed by atoms with Gasteiger partial charge >= 0.3 is 5.69 Å². The molecule has 0 fully saturated rings. The highest BCUT2D eigenvalue weighted by Crippen LogP contribution is 2.34. The second kappa shape index (κ2) is 6.25. The van der Waals surface area contributed by atoms with E-state index in [4.69, 9.17) is 15.7 Å². The molecule has 0 radical (unpaired) electrons. The van der Waals surface area contributed by atoms with Gasteiger partial charge in [-0.3, -0.25) is 13.9 Å². The largest absolute Gasteiger partial charge is 0.384 e. The number of nitrogens with zero attached hydrogens (tertiary/aromatic N) is 4. The number of aryl methyl sites for hydroxylation is 1. The molecule has 0 saturated heterocycles. The zero-order valence-electron chi connectivity index (χ0n) is 16.8. The SMILES string of the molecule is Cc1ccc2nc3c(cc(-c4c(N)n(C)c(=O)n(C)c4=O)c4ccccc43)nc2c1. The molecule has 30 heavy (non-hydrogen) atoms. The van der Waals surface area contributed by atoms with Crippen molar-refractivity contribution in [3.8, 4) is 11.1 Å². The predicted octanol–water partition coefficient (Wildman–Crippen LogP) is 2.89. The monoisotopic (exact) mass is 397 g/mol. The first-order chi connectivity index (χ1) is 14.4. The van der Waals surface area contributed by atoms with E-state index in [2.05, 4.69) is 0 Å². The van der Waals surface area contributed by atoms with E-state index in [1.807, 2.05) is 55.5 Å². The van der Waals surface area contributed by atoms with Crippen molar-refractivity contribution in [2.75, 3.05) is 5.73 Å². The van der Waals surface area contributed by atoms with Gasteiger partial charge in [0.15, 0.2) is 0 Å². The summed E-state index contributed by atoms with van der Waals surface area (Å²) in [7, 11) is 3.01. The molecule has 148 valence electrons. The highest BCUT2D eigenvalue weighted by molar-refractivity contribution is 6.13. The van der Waals surface area contributed by atoms with E-state index in [1.165, 1.54) is 11.6 Å². The van der Waals surface area contributed by atoms with Crippen molar-refractivity contribution in [1.82, 2.24) is 19.1 Å². The summed E-state index contributed by atoms with van der Waals surface area (Å²) in [5.74, 6) is 0.122. The van der Waals surface area contributed by atoms with Crippen molar-refractivity contribution in [3.05, 3.63) is 74.9 Å². The third kappa shape index (κ3) is 2.45. The van der Waals surface area contributed by atoms with Crippen LogP contribution in [0.5, 0.6) is 0 Å². The zero-order chi connectivity index (χ0) is 21.2. The number of aromatic nitrogens is 4. The van der Waals surface area contributed by atoms with Crippen LogP contribution in [0.3, 0.4) is 0 Å². The van der Waals surface area contributed by atoms with E-state index in [0.29, 0.717) is 11.1 Å². The summed E-state index contributed by atoms with van der Waals surface area (Å²) in [5, 5.41) is 1.70. The summed E-state index contributed by atoms with van der Waals surface area (Å²) in [4.78, 5) is 35.0. The van der Waals surface area contributed by atoms with Gasteiger partial charge in [-0.05, 0) is 36.1 Å². The number of nitrogen functional groups attached to an aromatic ring is 1. The lowest BCUT2D eigenvalue weighted by molar-refractivity contribution is 0.697. The van der Waals surface area contributed by atoms with Crippen molar-refractivity contribution >= 4 is 38.7 Å². The van der Waals surface area contributed by atoms with E-state index >= 15 is 0 Å². The zero-order valence-corrected chi connectivity index (χ0v) is 16.8. The summed E-state index contributed by atoms with van der Waals surface area (Å²) in [6, 6.07) is 15.5. The van der Waals surface area contributed by atoms with Gasteiger partial charge in [0.1, 0.15) is 5.82 Å². The van der Waals surface area contributed by atoms with Gasteiger partial charge in [0.25, 0.3) is 5.56 Å². The third-order valence-electron chi connectivity index (χ3n) is 5.58. The van der Waals surface area contributed by atoms with Gasteiger partial charge in [0.05, 0.1) is 27.6 Å². The smallest absolute Gasteiger partial charge is 0.332 e. The normalized spacial score (nSPS) is 11.6. The van der Waals surface area contributed by atoms with Crippen molar-refractivity contribution in [1.29, 1.82) is 0 Å². The Morgan fingerprint density at radius 3 is 2.33 bits per heavy atom. The molecule has 2 heterocycles. The van der Waals surface area contributed by atoms with Crippen molar-refractivity contribution in [2.45, 2.75) is 6.92 Å². The summed E-state index contributed by atoms with van der Waals surface area (Å²) in [5.41, 5.74) is 10.4. The number of nitrogens with two attached hydrogens (primary N) is 1. The van der Waals surface area contributed by atoms with E-state index in [9.17, 15) is 9.59 Å². The Hall–Kier alpha value is -4.00. The summed E-state index contributed by atoms with van der Waals surface area (Å²) >= 11 is 0. The van der Waals surface area contributed by atoms with Crippen LogP contribution in [0.15, 0.2) is 58.1 Å². The molecule has 2 aromatic heterocycles. The van der Waals surface area contributed by atoms with Gasteiger partial charge in [0, 0.05) is 25.0 Å². The number of hydrogen-bond donors (Lipinski definition) is 1. The lowest BCUT2D eigenvalue weighted by Crippen LogP contribution is -2.39. The Morgan fingerprint density at radius 2 is 1.57 bits per heavy atom. The number of anilines is 1. The van der Waals surface area contributed by atoms with Crippen molar-refractivity contribution in [3.63, 3.8) is 0 Å². The summed E-state index contributed by atoms with van der Waals surface area (Å²) in [6.07, 6.45) is 0. The van der Waals surface area contributed by atoms with Crippen LogP contribution in [0.2, 0.25) is 0 Å². The van der Waals surface area contributed by atoms with Crippen molar-refractivity contribution < 1.29 is 0 Å². The summed E-state index contributed by atoms with van der Waals surface area (Å²) in [6.45, 7) is 2.01. The average molecular weight is 397 g/mol. The second-order valence-electron chi connectivity index (χ2n) is 7.52. The van der Waals surface area contributed by atoms with Gasteiger partial charge in [-0.1, -0.05) is 30.3 Å². The lowest BCUT2D eigenvalue weighted by Gasteiger charge is -2.15. The van der Waals surface area contributed by atoms with Gasteiger partial charge in [-0.25, -0.2) is 14.8 Å². The minimum absolute atomic E-state index is 0.122. The minimum atomic E-state index is -0.465. The number of hydrogen-bond acceptors (Lipinski definition) is 5. The second-order valence-corrected chi connectivity index (χ2v) is 7.52. The Bertz CT molecular complexity index is 1630. The molecular formula is C23H19N5O2. The third-order valence-corrected chi connectivity index (χ3v) is 5.58. The van der Waals surface area contributed by atoms with Gasteiger partial charge in [-0.15, -0.1) is 0 Å². The molecule has 0 aliphatic carbocycles. The number of rotatable bonds is 1. The van der Waals surface area contributed by atoms with Crippen LogP contribution in [0.25, 0.3) is 44.0 Å². The van der Waals surface area contributed by atoms with E-state index in [0.717, 1.165) is 37.5 Å². The Morgan fingerprint density at radius 1 is 0.833 bits per heavy atom. The molecule has 0 amide bonds. The lowest BCUT2D eigenvalue weighted by atomic mass is 9.97. The van der Waals surface area contributed by atoms with E-state index in [1.54, 1.807) is 7.05 Å². The van der Waals surface area contributed by atoms with Gasteiger partial charge in [0.2, 0.25) is 0 Å². The molecule has 3 aromatic carbocycles. The van der Waals surface area contributed by atoms with E-state index < -0.39 is 11.2 Å². The summed E-state index contributed by atoms with van der Waals surface area (Å²) < 4.78 is 2.35. The quantitative estimate of drug-likeness (QED) is 0.347. The fourth-order valence-corrected chi connectivity index (χ4v) is 3.94. The maximum Gasteiger partial charge on any atom is 0.332 e. The topological polar surface area (TPSA) is 95.8 Å². The minimum Gasteiger partial charge on any atom is -0.384 e. The van der Waals surface area contributed by atoms with E-state index in [-0.39, 0.29) is 11.4 Å².